The summed E-state index contributed by atoms with van der Waals surface area (Å²) >= 11 is 5.21. The van der Waals surface area contributed by atoms with E-state index in [9.17, 15) is 9.59 Å². The molecule has 0 aliphatic rings. The van der Waals surface area contributed by atoms with Crippen molar-refractivity contribution >= 4 is 34.8 Å². The zero-order valence-electron chi connectivity index (χ0n) is 15.5. The van der Waals surface area contributed by atoms with Gasteiger partial charge in [0, 0.05) is 18.3 Å². The van der Waals surface area contributed by atoms with Gasteiger partial charge in [-0.15, -0.1) is 0 Å². The summed E-state index contributed by atoms with van der Waals surface area (Å²) in [5.74, 6) is 0.340. The third-order valence-electron chi connectivity index (χ3n) is 3.56. The molecule has 0 saturated carbocycles. The maximum absolute atomic E-state index is 12.5. The van der Waals surface area contributed by atoms with Crippen LogP contribution in [0, 0.1) is 5.92 Å². The first-order valence-corrected chi connectivity index (χ1v) is 8.98. The van der Waals surface area contributed by atoms with E-state index >= 15 is 0 Å². The number of nitrogens with one attached hydrogen (secondary N) is 3. The van der Waals surface area contributed by atoms with Gasteiger partial charge in [0.1, 0.15) is 5.75 Å². The quantitative estimate of drug-likeness (QED) is 0.666. The topological polar surface area (TPSA) is 79.5 Å². The van der Waals surface area contributed by atoms with Crippen LogP contribution in [0.2, 0.25) is 0 Å². The summed E-state index contributed by atoms with van der Waals surface area (Å²) in [6, 6.07) is 13.8. The predicted octanol–water partition coefficient (Wildman–Crippen LogP) is 3.21. The van der Waals surface area contributed by atoms with Gasteiger partial charge < -0.3 is 15.4 Å². The number of rotatable bonds is 6. The van der Waals surface area contributed by atoms with Crippen molar-refractivity contribution in [1.29, 1.82) is 0 Å². The number of carbonyl (C=O) groups excluding carboxylic acids is 2. The van der Waals surface area contributed by atoms with Crippen LogP contribution in [0.1, 0.15) is 34.6 Å². The van der Waals surface area contributed by atoms with Crippen molar-refractivity contribution in [2.45, 2.75) is 13.8 Å². The average Bonchev–Trinajstić information content (AvgIpc) is 2.66. The van der Waals surface area contributed by atoms with Crippen LogP contribution in [0.5, 0.6) is 5.75 Å². The van der Waals surface area contributed by atoms with Gasteiger partial charge in [0.05, 0.1) is 12.2 Å². The standard InChI is InChI=1S/C20H23N3O3S/c1-13(2)12-26-17-7-5-4-6-16(17)19(25)23-20(27)22-15-10-8-14(9-11-15)18(24)21-3/h4-11,13H,12H2,1-3H3,(H,21,24)(H2,22,23,25,27). The molecule has 0 aromatic heterocycles. The Bertz CT molecular complexity index is 819. The van der Waals surface area contributed by atoms with E-state index in [0.717, 1.165) is 0 Å². The molecule has 0 aliphatic carbocycles. The first-order chi connectivity index (χ1) is 12.9. The number of hydrogen-bond acceptors (Lipinski definition) is 4. The Kier molecular flexibility index (Phi) is 7.31. The second-order valence-corrected chi connectivity index (χ2v) is 6.67. The minimum absolute atomic E-state index is 0.159. The molecule has 2 rings (SSSR count). The lowest BCUT2D eigenvalue weighted by Crippen LogP contribution is -2.34. The molecule has 0 fully saturated rings. The Balaban J connectivity index is 1.99. The van der Waals surface area contributed by atoms with Gasteiger partial charge >= 0.3 is 0 Å². The van der Waals surface area contributed by atoms with Gasteiger partial charge in [0.25, 0.3) is 11.8 Å². The molecule has 0 saturated heterocycles. The Morgan fingerprint density at radius 2 is 1.70 bits per heavy atom. The van der Waals surface area contributed by atoms with Crippen LogP contribution < -0.4 is 20.7 Å². The van der Waals surface area contributed by atoms with Gasteiger partial charge in [0.15, 0.2) is 5.11 Å². The van der Waals surface area contributed by atoms with Crippen molar-refractivity contribution in [3.63, 3.8) is 0 Å². The highest BCUT2D eigenvalue weighted by Gasteiger charge is 2.14. The number of carbonyl (C=O) groups is 2. The lowest BCUT2D eigenvalue weighted by molar-refractivity contribution is 0.0958. The zero-order chi connectivity index (χ0) is 19.8. The molecule has 6 nitrogen and oxygen atoms in total. The number of thiocarbonyl (C=S) groups is 1. The van der Waals surface area contributed by atoms with Crippen LogP contribution in [-0.2, 0) is 0 Å². The number of amides is 2. The van der Waals surface area contributed by atoms with Crippen LogP contribution >= 0.6 is 12.2 Å². The van der Waals surface area contributed by atoms with E-state index in [4.69, 9.17) is 17.0 Å². The molecule has 7 heteroatoms. The Hall–Kier alpha value is -2.93. The molecule has 3 N–H and O–H groups in total. The molecule has 0 spiro atoms. The number of ether oxygens (including phenoxy) is 1. The fourth-order valence-corrected chi connectivity index (χ4v) is 2.43. The minimum atomic E-state index is -0.353. The molecule has 2 aromatic rings. The van der Waals surface area contributed by atoms with E-state index in [-0.39, 0.29) is 16.9 Å². The van der Waals surface area contributed by atoms with Crippen LogP contribution in [0.15, 0.2) is 48.5 Å². The summed E-state index contributed by atoms with van der Waals surface area (Å²) in [5, 5.41) is 8.28. The monoisotopic (exact) mass is 385 g/mol. The Morgan fingerprint density at radius 1 is 1.04 bits per heavy atom. The summed E-state index contributed by atoms with van der Waals surface area (Å²) in [4.78, 5) is 24.1. The minimum Gasteiger partial charge on any atom is -0.492 e. The molecule has 0 heterocycles. The van der Waals surface area contributed by atoms with Gasteiger partial charge in [-0.05, 0) is 54.5 Å². The van der Waals surface area contributed by atoms with E-state index in [1.54, 1.807) is 49.5 Å². The highest BCUT2D eigenvalue weighted by molar-refractivity contribution is 7.80. The average molecular weight is 385 g/mol. The molecule has 0 atom stereocenters. The molecule has 27 heavy (non-hydrogen) atoms. The van der Waals surface area contributed by atoms with Crippen molar-refractivity contribution in [1.82, 2.24) is 10.6 Å². The SMILES string of the molecule is CNC(=O)c1ccc(NC(=S)NC(=O)c2ccccc2OCC(C)C)cc1. The molecule has 0 aliphatic heterocycles. The summed E-state index contributed by atoms with van der Waals surface area (Å²) in [6.45, 7) is 4.60. The largest absolute Gasteiger partial charge is 0.492 e. The summed E-state index contributed by atoms with van der Waals surface area (Å²) in [5.41, 5.74) is 1.61. The van der Waals surface area contributed by atoms with Crippen molar-refractivity contribution < 1.29 is 14.3 Å². The van der Waals surface area contributed by atoms with E-state index < -0.39 is 0 Å². The van der Waals surface area contributed by atoms with Crippen molar-refractivity contribution in [3.8, 4) is 5.75 Å². The van der Waals surface area contributed by atoms with E-state index in [1.807, 2.05) is 19.9 Å². The molecule has 0 bridgehead atoms. The fourth-order valence-electron chi connectivity index (χ4n) is 2.22. The normalized spacial score (nSPS) is 10.2. The number of hydrogen-bond donors (Lipinski definition) is 3. The molecule has 0 radical (unpaired) electrons. The first kappa shape index (κ1) is 20.4. The molecule has 0 unspecified atom stereocenters. The van der Waals surface area contributed by atoms with Gasteiger partial charge in [-0.2, -0.15) is 0 Å². The molecular weight excluding hydrogens is 362 g/mol. The van der Waals surface area contributed by atoms with E-state index in [0.29, 0.717) is 35.1 Å². The van der Waals surface area contributed by atoms with Crippen LogP contribution in [-0.4, -0.2) is 30.6 Å². The molecule has 2 amide bonds. The fraction of sp³-hybridized carbons (Fsp3) is 0.250. The van der Waals surface area contributed by atoms with Crippen LogP contribution in [0.4, 0.5) is 5.69 Å². The van der Waals surface area contributed by atoms with Gasteiger partial charge in [-0.25, -0.2) is 0 Å². The maximum atomic E-state index is 12.5. The number of para-hydroxylation sites is 1. The lowest BCUT2D eigenvalue weighted by Gasteiger charge is -2.14. The molecule has 142 valence electrons. The van der Waals surface area contributed by atoms with Crippen molar-refractivity contribution in [2.75, 3.05) is 19.0 Å². The van der Waals surface area contributed by atoms with Crippen molar-refractivity contribution in [2.24, 2.45) is 5.92 Å². The van der Waals surface area contributed by atoms with Crippen molar-refractivity contribution in [3.05, 3.63) is 59.7 Å². The second-order valence-electron chi connectivity index (χ2n) is 6.27. The van der Waals surface area contributed by atoms with Gasteiger partial charge in [0.2, 0.25) is 0 Å². The number of anilines is 1. The predicted molar refractivity (Wildman–Crippen MR) is 110 cm³/mol. The second kappa shape index (κ2) is 9.68. The highest BCUT2D eigenvalue weighted by Crippen LogP contribution is 2.19. The lowest BCUT2D eigenvalue weighted by atomic mass is 10.2. The van der Waals surface area contributed by atoms with Gasteiger partial charge in [-0.3, -0.25) is 14.9 Å². The summed E-state index contributed by atoms with van der Waals surface area (Å²) in [6.07, 6.45) is 0. The van der Waals surface area contributed by atoms with Crippen LogP contribution in [0.25, 0.3) is 0 Å². The maximum Gasteiger partial charge on any atom is 0.261 e. The smallest absolute Gasteiger partial charge is 0.261 e. The summed E-state index contributed by atoms with van der Waals surface area (Å²) in [7, 11) is 1.57. The highest BCUT2D eigenvalue weighted by atomic mass is 32.1. The third-order valence-corrected chi connectivity index (χ3v) is 3.77. The van der Waals surface area contributed by atoms with E-state index in [1.165, 1.54) is 0 Å². The van der Waals surface area contributed by atoms with E-state index in [2.05, 4.69) is 16.0 Å². The van der Waals surface area contributed by atoms with Crippen LogP contribution in [0.3, 0.4) is 0 Å². The molecule has 2 aromatic carbocycles. The molecular formula is C20H23N3O3S. The zero-order valence-corrected chi connectivity index (χ0v) is 16.4. The first-order valence-electron chi connectivity index (χ1n) is 8.57. The Labute approximate surface area is 164 Å². The third kappa shape index (κ3) is 6.07. The number of benzene rings is 2. The Morgan fingerprint density at radius 3 is 2.33 bits per heavy atom. The van der Waals surface area contributed by atoms with Gasteiger partial charge in [-0.1, -0.05) is 26.0 Å². The summed E-state index contributed by atoms with van der Waals surface area (Å²) < 4.78 is 5.70.